The van der Waals surface area contributed by atoms with Gasteiger partial charge in [0.15, 0.2) is 0 Å². The van der Waals surface area contributed by atoms with E-state index in [1.54, 1.807) is 0 Å². The Bertz CT molecular complexity index is 170. The predicted molar refractivity (Wildman–Crippen MR) is 90.0 cm³/mol. The Kier molecular flexibility index (Phi) is 7.07. The van der Waals surface area contributed by atoms with Gasteiger partial charge in [-0.25, -0.2) is 0 Å². The van der Waals surface area contributed by atoms with Gasteiger partial charge < -0.3 is 0 Å². The summed E-state index contributed by atoms with van der Waals surface area (Å²) in [7, 11) is 3.75. The van der Waals surface area contributed by atoms with Gasteiger partial charge >= 0.3 is 112 Å². The second kappa shape index (κ2) is 6.33. The summed E-state index contributed by atoms with van der Waals surface area (Å²) in [6.45, 7) is 21.8. The summed E-state index contributed by atoms with van der Waals surface area (Å²) in [5.41, 5.74) is 0. The number of rotatable bonds is 3. The standard InChI is InChI=1S/C12H30AsP3/c1-10(2,3)14-13(15-11(4,5)6)16-12(7,8)9/h14-16H,1-9H3. The van der Waals surface area contributed by atoms with E-state index in [0.29, 0.717) is 15.5 Å². The fourth-order valence-corrected chi connectivity index (χ4v) is 51.0. The number of hydrogen-bond donors (Lipinski definition) is 0. The molecule has 0 N–H and O–H groups in total. The van der Waals surface area contributed by atoms with Gasteiger partial charge in [-0.3, -0.25) is 0 Å². The van der Waals surface area contributed by atoms with Crippen LogP contribution in [-0.2, 0) is 0 Å². The molecule has 0 rings (SSSR count). The summed E-state index contributed by atoms with van der Waals surface area (Å²) >= 11 is -0.599. The summed E-state index contributed by atoms with van der Waals surface area (Å²) in [6.07, 6.45) is 0. The van der Waals surface area contributed by atoms with Crippen LogP contribution in [0.1, 0.15) is 62.3 Å². The molecule has 98 valence electrons. The van der Waals surface area contributed by atoms with Crippen LogP contribution in [0.15, 0.2) is 0 Å². The van der Waals surface area contributed by atoms with Crippen molar-refractivity contribution in [3.05, 3.63) is 0 Å². The van der Waals surface area contributed by atoms with Crippen LogP contribution in [0.4, 0.5) is 0 Å². The van der Waals surface area contributed by atoms with Crippen LogP contribution in [-0.4, -0.2) is 28.7 Å². The Morgan fingerprint density at radius 3 is 0.812 bits per heavy atom. The molecule has 0 saturated carbocycles. The van der Waals surface area contributed by atoms with E-state index in [1.165, 1.54) is 21.4 Å². The number of hydrogen-bond acceptors (Lipinski definition) is 0. The second-order valence-electron chi connectivity index (χ2n) is 7.42. The molecule has 0 fully saturated rings. The zero-order valence-electron chi connectivity index (χ0n) is 12.4. The van der Waals surface area contributed by atoms with Crippen molar-refractivity contribution < 1.29 is 0 Å². The van der Waals surface area contributed by atoms with Crippen LogP contribution in [0.3, 0.4) is 0 Å². The van der Waals surface area contributed by atoms with E-state index in [9.17, 15) is 0 Å². The van der Waals surface area contributed by atoms with Crippen molar-refractivity contribution in [3.63, 3.8) is 0 Å². The third-order valence-electron chi connectivity index (χ3n) is 1.34. The predicted octanol–water partition coefficient (Wildman–Crippen LogP) is 5.40. The first-order valence-corrected chi connectivity index (χ1v) is 17.2. The normalized spacial score (nSPS) is 18.6. The van der Waals surface area contributed by atoms with Gasteiger partial charge in [0.1, 0.15) is 0 Å². The molecule has 0 bridgehead atoms. The fraction of sp³-hybridized carbons (Fsp3) is 1.00. The van der Waals surface area contributed by atoms with Crippen LogP contribution >= 0.6 is 21.4 Å². The molecule has 3 atom stereocenters. The maximum absolute atomic E-state index is 2.42. The zero-order chi connectivity index (χ0) is 13.2. The first-order valence-electron chi connectivity index (χ1n) is 5.92. The van der Waals surface area contributed by atoms with Crippen molar-refractivity contribution in [2.75, 3.05) is 0 Å². The Morgan fingerprint density at radius 2 is 0.688 bits per heavy atom. The van der Waals surface area contributed by atoms with E-state index in [-0.39, 0.29) is 0 Å². The van der Waals surface area contributed by atoms with Crippen molar-refractivity contribution in [2.45, 2.75) is 77.8 Å². The van der Waals surface area contributed by atoms with Crippen molar-refractivity contribution in [2.24, 2.45) is 0 Å². The van der Waals surface area contributed by atoms with Crippen molar-refractivity contribution in [1.29, 1.82) is 0 Å². The SMILES string of the molecule is CC(C)(C)P[As](PC(C)(C)C)PC(C)(C)C. The molecule has 4 heteroatoms. The van der Waals surface area contributed by atoms with Gasteiger partial charge in [0, 0.05) is 0 Å². The molecular weight excluding hydrogens is 312 g/mol. The summed E-state index contributed by atoms with van der Waals surface area (Å²) in [5, 5.41) is 1.70. The molecule has 0 aliphatic carbocycles. The van der Waals surface area contributed by atoms with E-state index >= 15 is 0 Å². The van der Waals surface area contributed by atoms with E-state index in [2.05, 4.69) is 62.3 Å². The Morgan fingerprint density at radius 1 is 0.500 bits per heavy atom. The van der Waals surface area contributed by atoms with E-state index < -0.39 is 13.3 Å². The quantitative estimate of drug-likeness (QED) is 0.476. The zero-order valence-corrected chi connectivity index (χ0v) is 17.3. The molecule has 0 radical (unpaired) electrons. The van der Waals surface area contributed by atoms with Crippen LogP contribution in [0.5, 0.6) is 0 Å². The molecule has 3 unspecified atom stereocenters. The van der Waals surface area contributed by atoms with E-state index in [0.717, 1.165) is 0 Å². The molecular formula is C12H30AsP3. The molecule has 0 aliphatic heterocycles. The Labute approximate surface area is 112 Å². The second-order valence-corrected chi connectivity index (χ2v) is 32.2. The van der Waals surface area contributed by atoms with Crippen molar-refractivity contribution >= 4 is 34.7 Å². The summed E-state index contributed by atoms with van der Waals surface area (Å²) < 4.78 is 0. The topological polar surface area (TPSA) is 0 Å². The van der Waals surface area contributed by atoms with Gasteiger partial charge in [-0.05, 0) is 0 Å². The molecule has 0 aromatic rings. The summed E-state index contributed by atoms with van der Waals surface area (Å²) in [5.74, 6) is 0. The molecule has 0 aliphatic rings. The molecule has 0 nitrogen and oxygen atoms in total. The average Bonchev–Trinajstić information content (AvgIpc) is 1.70. The van der Waals surface area contributed by atoms with E-state index in [1.807, 2.05) is 0 Å². The van der Waals surface area contributed by atoms with Crippen LogP contribution in [0.2, 0.25) is 0 Å². The van der Waals surface area contributed by atoms with Gasteiger partial charge in [-0.1, -0.05) is 0 Å². The third kappa shape index (κ3) is 12.3. The minimum absolute atomic E-state index is 0.566. The van der Waals surface area contributed by atoms with Gasteiger partial charge in [0.2, 0.25) is 0 Å². The first kappa shape index (κ1) is 17.8. The molecule has 0 aromatic carbocycles. The van der Waals surface area contributed by atoms with Gasteiger partial charge in [0.05, 0.1) is 0 Å². The molecule has 0 heterocycles. The first-order chi connectivity index (χ1) is 6.79. The molecule has 0 saturated heterocycles. The molecule has 0 aromatic heterocycles. The van der Waals surface area contributed by atoms with Crippen LogP contribution < -0.4 is 0 Å². The van der Waals surface area contributed by atoms with Crippen molar-refractivity contribution in [1.82, 2.24) is 0 Å². The van der Waals surface area contributed by atoms with E-state index in [4.69, 9.17) is 0 Å². The summed E-state index contributed by atoms with van der Waals surface area (Å²) in [4.78, 5) is 0. The average molecular weight is 342 g/mol. The summed E-state index contributed by atoms with van der Waals surface area (Å²) in [6, 6.07) is 0. The third-order valence-corrected chi connectivity index (χ3v) is 31.4. The molecule has 16 heavy (non-hydrogen) atoms. The van der Waals surface area contributed by atoms with Gasteiger partial charge in [-0.15, -0.1) is 0 Å². The molecule has 0 amide bonds. The minimum atomic E-state index is -0.599. The maximum atomic E-state index is 2.42. The fourth-order valence-electron chi connectivity index (χ4n) is 1.09. The Hall–Kier alpha value is 1.85. The Balaban J connectivity index is 4.53. The monoisotopic (exact) mass is 342 g/mol. The van der Waals surface area contributed by atoms with Crippen molar-refractivity contribution in [3.8, 4) is 0 Å². The molecule has 0 spiro atoms. The van der Waals surface area contributed by atoms with Crippen LogP contribution in [0.25, 0.3) is 0 Å². The van der Waals surface area contributed by atoms with Crippen LogP contribution in [0, 0.1) is 0 Å². The van der Waals surface area contributed by atoms with Gasteiger partial charge in [0.25, 0.3) is 0 Å². The van der Waals surface area contributed by atoms with Gasteiger partial charge in [-0.2, -0.15) is 0 Å².